The third-order valence-electron chi connectivity index (χ3n) is 2.43. The predicted octanol–water partition coefficient (Wildman–Crippen LogP) is -2.81. The van der Waals surface area contributed by atoms with Crippen molar-refractivity contribution in [3.05, 3.63) is 0 Å². The van der Waals surface area contributed by atoms with Gasteiger partial charge in [0, 0.05) is 6.61 Å². The van der Waals surface area contributed by atoms with Crippen LogP contribution in [0, 0.1) is 0 Å². The lowest BCUT2D eigenvalue weighted by atomic mass is 9.99. The van der Waals surface area contributed by atoms with Crippen molar-refractivity contribution in [3.63, 3.8) is 0 Å². The van der Waals surface area contributed by atoms with E-state index in [0.29, 0.717) is 6.42 Å². The lowest BCUT2D eigenvalue weighted by Crippen LogP contribution is -2.59. The van der Waals surface area contributed by atoms with Crippen molar-refractivity contribution in [1.82, 2.24) is 0 Å². The normalized spacial score (nSPS) is 39.9. The number of hydrogen-bond acceptors (Lipinski definition) is 7. The Bertz CT molecular complexity index is 198. The van der Waals surface area contributed by atoms with Crippen molar-refractivity contribution < 1.29 is 35.0 Å². The number of aliphatic hydroxyl groups excluding tert-OH is 5. The molecule has 7 heteroatoms. The van der Waals surface area contributed by atoms with Crippen LogP contribution in [0.5, 0.6) is 0 Å². The van der Waals surface area contributed by atoms with E-state index in [4.69, 9.17) is 19.7 Å². The van der Waals surface area contributed by atoms with Gasteiger partial charge in [-0.3, -0.25) is 0 Å². The number of ether oxygens (including phenoxy) is 2. The minimum atomic E-state index is -1.43. The zero-order chi connectivity index (χ0) is 12.1. The second kappa shape index (κ2) is 6.45. The molecular formula is C9H18O7. The molecule has 16 heavy (non-hydrogen) atoms. The predicted molar refractivity (Wildman–Crippen MR) is 51.4 cm³/mol. The van der Waals surface area contributed by atoms with E-state index in [1.54, 1.807) is 0 Å². The molecule has 5 N–H and O–H groups in total. The van der Waals surface area contributed by atoms with Crippen molar-refractivity contribution in [2.75, 3.05) is 19.8 Å². The lowest BCUT2D eigenvalue weighted by Gasteiger charge is -2.39. The van der Waals surface area contributed by atoms with Crippen LogP contribution in [-0.2, 0) is 9.47 Å². The molecule has 0 saturated carbocycles. The van der Waals surface area contributed by atoms with Crippen LogP contribution in [0.25, 0.3) is 0 Å². The molecule has 0 spiro atoms. The van der Waals surface area contributed by atoms with Crippen LogP contribution in [-0.4, -0.2) is 76.1 Å². The molecule has 5 atom stereocenters. The van der Waals surface area contributed by atoms with Gasteiger partial charge in [-0.15, -0.1) is 0 Å². The molecule has 1 saturated heterocycles. The van der Waals surface area contributed by atoms with E-state index >= 15 is 0 Å². The Hall–Kier alpha value is -0.280. The van der Waals surface area contributed by atoms with Crippen LogP contribution in [0.2, 0.25) is 0 Å². The summed E-state index contributed by atoms with van der Waals surface area (Å²) in [5.41, 5.74) is 0. The monoisotopic (exact) mass is 238 g/mol. The molecular weight excluding hydrogens is 220 g/mol. The maximum absolute atomic E-state index is 9.52. The zero-order valence-corrected chi connectivity index (χ0v) is 8.77. The van der Waals surface area contributed by atoms with Crippen molar-refractivity contribution in [3.8, 4) is 0 Å². The fourth-order valence-electron chi connectivity index (χ4n) is 1.47. The summed E-state index contributed by atoms with van der Waals surface area (Å²) < 4.78 is 10.1. The number of hydrogen-bond donors (Lipinski definition) is 5. The molecule has 7 nitrogen and oxygen atoms in total. The highest BCUT2D eigenvalue weighted by molar-refractivity contribution is 4.88. The van der Waals surface area contributed by atoms with E-state index in [9.17, 15) is 15.3 Å². The van der Waals surface area contributed by atoms with Crippen LogP contribution >= 0.6 is 0 Å². The molecule has 1 unspecified atom stereocenters. The molecule has 1 aliphatic heterocycles. The minimum absolute atomic E-state index is 0.0581. The van der Waals surface area contributed by atoms with Crippen molar-refractivity contribution in [2.24, 2.45) is 0 Å². The van der Waals surface area contributed by atoms with Gasteiger partial charge < -0.3 is 35.0 Å². The van der Waals surface area contributed by atoms with Gasteiger partial charge >= 0.3 is 0 Å². The fraction of sp³-hybridized carbons (Fsp3) is 1.00. The Morgan fingerprint density at radius 1 is 1.00 bits per heavy atom. The zero-order valence-electron chi connectivity index (χ0n) is 8.77. The Kier molecular flexibility index (Phi) is 5.56. The van der Waals surface area contributed by atoms with Crippen LogP contribution < -0.4 is 0 Å². The van der Waals surface area contributed by atoms with E-state index in [1.165, 1.54) is 0 Å². The van der Waals surface area contributed by atoms with Gasteiger partial charge in [0.25, 0.3) is 0 Å². The summed E-state index contributed by atoms with van der Waals surface area (Å²) in [5.74, 6) is 0. The quantitative estimate of drug-likeness (QED) is 0.328. The SMILES string of the molecule is OCCCOC1O[C@H](CO)[C@@H](O)[C@H](O)[C@H]1O. The Labute approximate surface area is 92.9 Å². The van der Waals surface area contributed by atoms with Gasteiger partial charge in [0.2, 0.25) is 0 Å². The summed E-state index contributed by atoms with van der Waals surface area (Å²) in [5, 5.41) is 45.8. The van der Waals surface area contributed by atoms with E-state index < -0.39 is 37.3 Å². The molecule has 0 radical (unpaired) electrons. The van der Waals surface area contributed by atoms with E-state index in [2.05, 4.69) is 0 Å². The van der Waals surface area contributed by atoms with Crippen LogP contribution in [0.3, 0.4) is 0 Å². The first kappa shape index (κ1) is 13.8. The van der Waals surface area contributed by atoms with Gasteiger partial charge in [0.1, 0.15) is 24.4 Å². The molecule has 0 aromatic heterocycles. The molecule has 1 aliphatic rings. The summed E-state index contributed by atoms with van der Waals surface area (Å²) in [6.07, 6.45) is -5.88. The second-order valence-electron chi connectivity index (χ2n) is 3.65. The van der Waals surface area contributed by atoms with Gasteiger partial charge in [0.05, 0.1) is 13.2 Å². The molecule has 1 rings (SSSR count). The lowest BCUT2D eigenvalue weighted by molar-refractivity contribution is -0.301. The largest absolute Gasteiger partial charge is 0.396 e. The molecule has 0 amide bonds. The third kappa shape index (κ3) is 3.11. The summed E-state index contributed by atoms with van der Waals surface area (Å²) in [7, 11) is 0. The van der Waals surface area contributed by atoms with Crippen LogP contribution in [0.15, 0.2) is 0 Å². The maximum atomic E-state index is 9.52. The average Bonchev–Trinajstić information content (AvgIpc) is 2.29. The first-order valence-corrected chi connectivity index (χ1v) is 5.14. The van der Waals surface area contributed by atoms with Crippen molar-refractivity contribution >= 4 is 0 Å². The average molecular weight is 238 g/mol. The molecule has 1 heterocycles. The highest BCUT2D eigenvalue weighted by Crippen LogP contribution is 2.21. The smallest absolute Gasteiger partial charge is 0.186 e. The molecule has 96 valence electrons. The number of aliphatic hydroxyl groups is 5. The fourth-order valence-corrected chi connectivity index (χ4v) is 1.47. The minimum Gasteiger partial charge on any atom is -0.396 e. The number of rotatable bonds is 5. The first-order valence-electron chi connectivity index (χ1n) is 5.14. The summed E-state index contributed by atoms with van der Waals surface area (Å²) in [6.45, 7) is -0.387. The topological polar surface area (TPSA) is 120 Å². The van der Waals surface area contributed by atoms with Gasteiger partial charge in [-0.25, -0.2) is 0 Å². The van der Waals surface area contributed by atoms with Gasteiger partial charge in [-0.2, -0.15) is 0 Å². The molecule has 1 fully saturated rings. The van der Waals surface area contributed by atoms with Gasteiger partial charge in [-0.05, 0) is 6.42 Å². The Morgan fingerprint density at radius 3 is 2.25 bits per heavy atom. The van der Waals surface area contributed by atoms with E-state index in [1.807, 2.05) is 0 Å². The highest BCUT2D eigenvalue weighted by atomic mass is 16.7. The Morgan fingerprint density at radius 2 is 1.69 bits per heavy atom. The van der Waals surface area contributed by atoms with Gasteiger partial charge in [0.15, 0.2) is 6.29 Å². The van der Waals surface area contributed by atoms with Gasteiger partial charge in [-0.1, -0.05) is 0 Å². The van der Waals surface area contributed by atoms with E-state index in [0.717, 1.165) is 0 Å². The molecule has 0 aromatic carbocycles. The summed E-state index contributed by atoms with van der Waals surface area (Å²) in [6, 6.07) is 0. The third-order valence-corrected chi connectivity index (χ3v) is 2.43. The molecule has 0 bridgehead atoms. The van der Waals surface area contributed by atoms with Crippen molar-refractivity contribution in [1.29, 1.82) is 0 Å². The first-order chi connectivity index (χ1) is 7.61. The van der Waals surface area contributed by atoms with E-state index in [-0.39, 0.29) is 13.2 Å². The molecule has 0 aliphatic carbocycles. The summed E-state index contributed by atoms with van der Waals surface area (Å²) in [4.78, 5) is 0. The maximum Gasteiger partial charge on any atom is 0.186 e. The second-order valence-corrected chi connectivity index (χ2v) is 3.65. The standard InChI is InChI=1S/C9H18O7/c10-2-1-3-15-9-8(14)7(13)6(12)5(4-11)16-9/h5-14H,1-4H2/t5-,6-,7+,8-,9?/m1/s1. The van der Waals surface area contributed by atoms with Crippen molar-refractivity contribution in [2.45, 2.75) is 37.1 Å². The van der Waals surface area contributed by atoms with Crippen LogP contribution in [0.1, 0.15) is 6.42 Å². The highest BCUT2D eigenvalue weighted by Gasteiger charge is 2.43. The summed E-state index contributed by atoms with van der Waals surface area (Å²) >= 11 is 0. The molecule has 0 aromatic rings. The Balaban J connectivity index is 2.50. The van der Waals surface area contributed by atoms with Crippen LogP contribution in [0.4, 0.5) is 0 Å².